The summed E-state index contributed by atoms with van der Waals surface area (Å²) in [4.78, 5) is 35.3. The molecule has 1 amide bonds. The summed E-state index contributed by atoms with van der Waals surface area (Å²) in [5, 5.41) is 8.10. The second-order valence-corrected chi connectivity index (χ2v) is 5.71. The summed E-state index contributed by atoms with van der Waals surface area (Å²) in [6.07, 6.45) is 0. The number of ether oxygens (including phenoxy) is 1. The molecule has 0 spiro atoms. The maximum absolute atomic E-state index is 12.2. The van der Waals surface area contributed by atoms with E-state index < -0.39 is 17.5 Å². The van der Waals surface area contributed by atoms with Crippen molar-refractivity contribution >= 4 is 22.6 Å². The quantitative estimate of drug-likeness (QED) is 0.846. The van der Waals surface area contributed by atoms with Crippen LogP contribution in [-0.4, -0.2) is 27.3 Å². The number of nitrogens with one attached hydrogen (secondary N) is 1. The zero-order valence-corrected chi connectivity index (χ0v) is 13.5. The first kappa shape index (κ1) is 16.7. The fraction of sp³-hybridized carbons (Fsp3) is 0.375. The van der Waals surface area contributed by atoms with E-state index in [-0.39, 0.29) is 12.1 Å². The number of hydrogen-bond donors (Lipinski definition) is 1. The Balaban J connectivity index is 2.26. The van der Waals surface area contributed by atoms with Crippen LogP contribution in [0.2, 0.25) is 0 Å². The molecule has 1 aromatic heterocycles. The molecule has 0 fully saturated rings. The fourth-order valence-electron chi connectivity index (χ4n) is 2.29. The van der Waals surface area contributed by atoms with E-state index in [1.165, 1.54) is 25.5 Å². The van der Waals surface area contributed by atoms with Crippen LogP contribution in [0.5, 0.6) is 0 Å². The SMILES string of the molecule is CC(=O)OC(C)(C)C(=O)NCc1nn(C)c(=O)c2ccccc12. The monoisotopic (exact) mass is 317 g/mol. The number of carbonyl (C=O) groups excluding carboxylic acids is 2. The second kappa shape index (κ2) is 6.20. The van der Waals surface area contributed by atoms with E-state index in [0.29, 0.717) is 16.5 Å². The van der Waals surface area contributed by atoms with Crippen molar-refractivity contribution in [2.45, 2.75) is 32.9 Å². The van der Waals surface area contributed by atoms with Crippen LogP contribution >= 0.6 is 0 Å². The molecule has 2 aromatic rings. The Morgan fingerprint density at radius 2 is 1.87 bits per heavy atom. The van der Waals surface area contributed by atoms with Crippen molar-refractivity contribution in [2.75, 3.05) is 0 Å². The summed E-state index contributed by atoms with van der Waals surface area (Å²) in [6.45, 7) is 4.39. The van der Waals surface area contributed by atoms with Gasteiger partial charge in [-0.3, -0.25) is 14.4 Å². The van der Waals surface area contributed by atoms with Crippen molar-refractivity contribution in [3.63, 3.8) is 0 Å². The zero-order valence-electron chi connectivity index (χ0n) is 13.5. The first-order chi connectivity index (χ1) is 10.7. The zero-order chi connectivity index (χ0) is 17.2. The molecule has 0 aliphatic rings. The number of benzene rings is 1. The van der Waals surface area contributed by atoms with Crippen molar-refractivity contribution in [3.8, 4) is 0 Å². The molecule has 0 atom stereocenters. The molecule has 122 valence electrons. The molecule has 1 aromatic carbocycles. The van der Waals surface area contributed by atoms with Crippen LogP contribution < -0.4 is 10.9 Å². The molecule has 1 heterocycles. The lowest BCUT2D eigenvalue weighted by atomic mass is 10.1. The third kappa shape index (κ3) is 3.56. The highest BCUT2D eigenvalue weighted by atomic mass is 16.6. The minimum atomic E-state index is -1.28. The normalized spacial score (nSPS) is 11.3. The van der Waals surface area contributed by atoms with E-state index in [1.54, 1.807) is 31.3 Å². The Kier molecular flexibility index (Phi) is 4.49. The first-order valence-electron chi connectivity index (χ1n) is 7.15. The van der Waals surface area contributed by atoms with Gasteiger partial charge < -0.3 is 10.1 Å². The molecular weight excluding hydrogens is 298 g/mol. The van der Waals surface area contributed by atoms with Gasteiger partial charge in [-0.2, -0.15) is 5.10 Å². The van der Waals surface area contributed by atoms with Gasteiger partial charge in [-0.25, -0.2) is 4.68 Å². The number of esters is 1. The first-order valence-corrected chi connectivity index (χ1v) is 7.15. The molecule has 2 rings (SSSR count). The van der Waals surface area contributed by atoms with Gasteiger partial charge in [0.15, 0.2) is 5.60 Å². The molecule has 0 radical (unpaired) electrons. The Hall–Kier alpha value is -2.70. The number of hydrogen-bond acceptors (Lipinski definition) is 5. The maximum atomic E-state index is 12.2. The van der Waals surface area contributed by atoms with E-state index in [9.17, 15) is 14.4 Å². The van der Waals surface area contributed by atoms with Gasteiger partial charge in [-0.15, -0.1) is 0 Å². The summed E-state index contributed by atoms with van der Waals surface area (Å²) in [5.41, 5.74) is -0.909. The molecule has 0 bridgehead atoms. The summed E-state index contributed by atoms with van der Waals surface area (Å²) in [6, 6.07) is 7.07. The van der Waals surface area contributed by atoms with E-state index in [0.717, 1.165) is 0 Å². The number of carbonyl (C=O) groups is 2. The summed E-state index contributed by atoms with van der Waals surface area (Å²) >= 11 is 0. The van der Waals surface area contributed by atoms with Crippen LogP contribution in [0.1, 0.15) is 26.5 Å². The van der Waals surface area contributed by atoms with Gasteiger partial charge in [0, 0.05) is 19.4 Å². The number of aryl methyl sites for hydroxylation is 1. The number of aromatic nitrogens is 2. The third-order valence-corrected chi connectivity index (χ3v) is 3.40. The standard InChI is InChI=1S/C16H19N3O4/c1-10(20)23-16(2,3)15(22)17-9-13-11-7-5-6-8-12(11)14(21)19(4)18-13/h5-8H,9H2,1-4H3,(H,17,22). The highest BCUT2D eigenvalue weighted by Gasteiger charge is 2.30. The Morgan fingerprint density at radius 3 is 2.48 bits per heavy atom. The lowest BCUT2D eigenvalue weighted by molar-refractivity contribution is -0.163. The number of fused-ring (bicyclic) bond motifs is 1. The lowest BCUT2D eigenvalue weighted by Gasteiger charge is -2.23. The number of nitrogens with zero attached hydrogens (tertiary/aromatic N) is 2. The fourth-order valence-corrected chi connectivity index (χ4v) is 2.29. The van der Waals surface area contributed by atoms with E-state index in [1.807, 2.05) is 0 Å². The van der Waals surface area contributed by atoms with Gasteiger partial charge in [-0.1, -0.05) is 18.2 Å². The largest absolute Gasteiger partial charge is 0.450 e. The van der Waals surface area contributed by atoms with Crippen molar-refractivity contribution < 1.29 is 14.3 Å². The van der Waals surface area contributed by atoms with Gasteiger partial charge in [-0.05, 0) is 19.9 Å². The molecule has 1 N–H and O–H groups in total. The van der Waals surface area contributed by atoms with Crippen molar-refractivity contribution in [2.24, 2.45) is 7.05 Å². The minimum absolute atomic E-state index is 0.123. The van der Waals surface area contributed by atoms with E-state index in [2.05, 4.69) is 10.4 Å². The lowest BCUT2D eigenvalue weighted by Crippen LogP contribution is -2.45. The summed E-state index contributed by atoms with van der Waals surface area (Å²) in [5.74, 6) is -0.969. The molecule has 0 saturated heterocycles. The summed E-state index contributed by atoms with van der Waals surface area (Å²) in [7, 11) is 1.56. The Morgan fingerprint density at radius 1 is 1.26 bits per heavy atom. The van der Waals surface area contributed by atoms with Crippen LogP contribution in [0.15, 0.2) is 29.1 Å². The highest BCUT2D eigenvalue weighted by molar-refractivity contribution is 5.87. The molecule has 0 unspecified atom stereocenters. The van der Waals surface area contributed by atoms with Gasteiger partial charge in [0.1, 0.15) is 0 Å². The van der Waals surface area contributed by atoms with Crippen LogP contribution in [-0.2, 0) is 27.9 Å². The summed E-state index contributed by atoms with van der Waals surface area (Å²) < 4.78 is 6.23. The third-order valence-electron chi connectivity index (χ3n) is 3.40. The highest BCUT2D eigenvalue weighted by Crippen LogP contribution is 2.14. The second-order valence-electron chi connectivity index (χ2n) is 5.71. The van der Waals surface area contributed by atoms with Gasteiger partial charge in [0.05, 0.1) is 17.6 Å². The Labute approximate surface area is 133 Å². The predicted octanol–water partition coefficient (Wildman–Crippen LogP) is 0.891. The average Bonchev–Trinajstić information content (AvgIpc) is 2.48. The molecule has 0 aliphatic carbocycles. The molecule has 0 aliphatic heterocycles. The van der Waals surface area contributed by atoms with Gasteiger partial charge in [0.25, 0.3) is 11.5 Å². The average molecular weight is 317 g/mol. The topological polar surface area (TPSA) is 90.3 Å². The van der Waals surface area contributed by atoms with Crippen LogP contribution in [0.3, 0.4) is 0 Å². The van der Waals surface area contributed by atoms with Crippen molar-refractivity contribution in [1.29, 1.82) is 0 Å². The van der Waals surface area contributed by atoms with Crippen molar-refractivity contribution in [3.05, 3.63) is 40.3 Å². The van der Waals surface area contributed by atoms with Crippen LogP contribution in [0, 0.1) is 0 Å². The molecule has 0 saturated carbocycles. The number of amides is 1. The smallest absolute Gasteiger partial charge is 0.303 e. The van der Waals surface area contributed by atoms with Crippen LogP contribution in [0.25, 0.3) is 10.8 Å². The Bertz CT molecular complexity index is 824. The molecule has 7 heteroatoms. The van der Waals surface area contributed by atoms with E-state index >= 15 is 0 Å². The molecular formula is C16H19N3O4. The van der Waals surface area contributed by atoms with Crippen LogP contribution in [0.4, 0.5) is 0 Å². The number of rotatable bonds is 4. The minimum Gasteiger partial charge on any atom is -0.450 e. The van der Waals surface area contributed by atoms with Gasteiger partial charge >= 0.3 is 5.97 Å². The van der Waals surface area contributed by atoms with Gasteiger partial charge in [0.2, 0.25) is 0 Å². The predicted molar refractivity (Wildman–Crippen MR) is 84.7 cm³/mol. The molecule has 7 nitrogen and oxygen atoms in total. The van der Waals surface area contributed by atoms with E-state index in [4.69, 9.17) is 4.74 Å². The maximum Gasteiger partial charge on any atom is 0.303 e. The molecule has 23 heavy (non-hydrogen) atoms. The van der Waals surface area contributed by atoms with Crippen molar-refractivity contribution in [1.82, 2.24) is 15.1 Å².